The third-order valence-corrected chi connectivity index (χ3v) is 3.62. The van der Waals surface area contributed by atoms with Crippen molar-refractivity contribution >= 4 is 0 Å². The molecular formula is C10H20. The van der Waals surface area contributed by atoms with E-state index in [1.807, 2.05) is 0 Å². The van der Waals surface area contributed by atoms with Crippen molar-refractivity contribution in [3.63, 3.8) is 0 Å². The molecule has 0 saturated heterocycles. The van der Waals surface area contributed by atoms with E-state index in [0.29, 0.717) is 10.8 Å². The maximum Gasteiger partial charge on any atom is -0.0246 e. The van der Waals surface area contributed by atoms with Gasteiger partial charge >= 0.3 is 0 Å². The molecular weight excluding hydrogens is 120 g/mol. The van der Waals surface area contributed by atoms with Crippen LogP contribution in [0.25, 0.3) is 0 Å². The lowest BCUT2D eigenvalue weighted by Gasteiger charge is -2.28. The number of hydrogen-bond donors (Lipinski definition) is 0. The molecule has 0 aromatic carbocycles. The van der Waals surface area contributed by atoms with Crippen LogP contribution in [0.5, 0.6) is 0 Å². The molecule has 1 rings (SSSR count). The van der Waals surface area contributed by atoms with Gasteiger partial charge in [0.05, 0.1) is 0 Å². The summed E-state index contributed by atoms with van der Waals surface area (Å²) in [5.41, 5.74) is 1.18. The fourth-order valence-corrected chi connectivity index (χ4v) is 1.97. The molecule has 0 spiro atoms. The topological polar surface area (TPSA) is 0 Å². The van der Waals surface area contributed by atoms with E-state index in [0.717, 1.165) is 5.92 Å². The summed E-state index contributed by atoms with van der Waals surface area (Å²) in [6, 6.07) is 0. The van der Waals surface area contributed by atoms with Gasteiger partial charge in [-0.15, -0.1) is 0 Å². The first kappa shape index (κ1) is 8.10. The average Bonchev–Trinajstić information content (AvgIpc) is 2.41. The van der Waals surface area contributed by atoms with Crippen molar-refractivity contribution in [1.29, 1.82) is 0 Å². The van der Waals surface area contributed by atoms with Gasteiger partial charge in [-0.2, -0.15) is 0 Å². The van der Waals surface area contributed by atoms with Gasteiger partial charge in [-0.3, -0.25) is 0 Å². The summed E-state index contributed by atoms with van der Waals surface area (Å²) in [4.78, 5) is 0. The van der Waals surface area contributed by atoms with Gasteiger partial charge in [0.2, 0.25) is 0 Å². The van der Waals surface area contributed by atoms with E-state index < -0.39 is 0 Å². The van der Waals surface area contributed by atoms with Crippen LogP contribution in [0.4, 0.5) is 0 Å². The van der Waals surface area contributed by atoms with Crippen LogP contribution < -0.4 is 0 Å². The summed E-state index contributed by atoms with van der Waals surface area (Å²) in [6.07, 6.45) is 2.82. The molecule has 1 aliphatic rings. The number of hydrogen-bond acceptors (Lipinski definition) is 0. The second-order valence-corrected chi connectivity index (χ2v) is 4.98. The summed E-state index contributed by atoms with van der Waals surface area (Å²) in [5, 5.41) is 0. The molecule has 2 atom stereocenters. The molecule has 0 bridgehead atoms. The van der Waals surface area contributed by atoms with E-state index in [1.165, 1.54) is 12.8 Å². The second kappa shape index (κ2) is 1.99. The Kier molecular flexibility index (Phi) is 1.61. The molecule has 1 saturated carbocycles. The molecule has 0 nitrogen and oxygen atoms in total. The standard InChI is InChI=1S/C10H20/c1-6-8-7-10(8,5)9(2,3)4/h8H,6-7H2,1-5H3/t8-,10+/m0/s1. The summed E-state index contributed by atoms with van der Waals surface area (Å²) >= 11 is 0. The predicted octanol–water partition coefficient (Wildman–Crippen LogP) is 3.47. The lowest BCUT2D eigenvalue weighted by Crippen LogP contribution is -2.20. The van der Waals surface area contributed by atoms with Gasteiger partial charge < -0.3 is 0 Å². The number of rotatable bonds is 1. The highest BCUT2D eigenvalue weighted by atomic mass is 14.6. The molecule has 0 N–H and O–H groups in total. The summed E-state index contributed by atoms with van der Waals surface area (Å²) in [6.45, 7) is 11.8. The van der Waals surface area contributed by atoms with Gasteiger partial charge in [0.15, 0.2) is 0 Å². The third kappa shape index (κ3) is 0.980. The Morgan fingerprint density at radius 2 is 1.90 bits per heavy atom. The Bertz CT molecular complexity index is 129. The van der Waals surface area contributed by atoms with E-state index in [-0.39, 0.29) is 0 Å². The summed E-state index contributed by atoms with van der Waals surface area (Å²) in [5.74, 6) is 1.01. The Morgan fingerprint density at radius 1 is 1.40 bits per heavy atom. The van der Waals surface area contributed by atoms with Crippen molar-refractivity contribution in [1.82, 2.24) is 0 Å². The molecule has 0 unspecified atom stereocenters. The van der Waals surface area contributed by atoms with Crippen molar-refractivity contribution in [3.8, 4) is 0 Å². The van der Waals surface area contributed by atoms with Gasteiger partial charge in [-0.05, 0) is 23.2 Å². The Balaban J connectivity index is 2.59. The van der Waals surface area contributed by atoms with Crippen molar-refractivity contribution in [2.24, 2.45) is 16.7 Å². The highest BCUT2D eigenvalue weighted by Gasteiger charge is 2.55. The molecule has 0 radical (unpaired) electrons. The molecule has 0 amide bonds. The smallest absolute Gasteiger partial charge is 0.0246 e. The molecule has 0 aromatic rings. The van der Waals surface area contributed by atoms with E-state index in [1.54, 1.807) is 0 Å². The van der Waals surface area contributed by atoms with Crippen LogP contribution in [-0.2, 0) is 0 Å². The summed E-state index contributed by atoms with van der Waals surface area (Å²) < 4.78 is 0. The molecule has 0 heterocycles. The minimum atomic E-state index is 0.522. The van der Waals surface area contributed by atoms with Crippen molar-refractivity contribution in [3.05, 3.63) is 0 Å². The molecule has 60 valence electrons. The van der Waals surface area contributed by atoms with Gasteiger partial charge in [0.1, 0.15) is 0 Å². The largest absolute Gasteiger partial charge is 0.0651 e. The zero-order valence-electron chi connectivity index (χ0n) is 7.99. The molecule has 10 heavy (non-hydrogen) atoms. The van der Waals surface area contributed by atoms with Crippen molar-refractivity contribution < 1.29 is 0 Å². The monoisotopic (exact) mass is 140 g/mol. The van der Waals surface area contributed by atoms with Gasteiger partial charge in [-0.25, -0.2) is 0 Å². The Morgan fingerprint density at radius 3 is 2.00 bits per heavy atom. The average molecular weight is 140 g/mol. The fraction of sp³-hybridized carbons (Fsp3) is 1.00. The highest BCUT2D eigenvalue weighted by molar-refractivity contribution is 5.04. The highest BCUT2D eigenvalue weighted by Crippen LogP contribution is 2.63. The zero-order valence-corrected chi connectivity index (χ0v) is 7.99. The molecule has 0 aliphatic heterocycles. The summed E-state index contributed by atoms with van der Waals surface area (Å²) in [7, 11) is 0. The van der Waals surface area contributed by atoms with Crippen LogP contribution in [0, 0.1) is 16.7 Å². The van der Waals surface area contributed by atoms with Gasteiger partial charge in [-0.1, -0.05) is 41.0 Å². The fourth-order valence-electron chi connectivity index (χ4n) is 1.97. The van der Waals surface area contributed by atoms with Crippen LogP contribution in [-0.4, -0.2) is 0 Å². The lowest BCUT2D eigenvalue weighted by molar-refractivity contribution is 0.212. The minimum Gasteiger partial charge on any atom is -0.0651 e. The predicted molar refractivity (Wildman–Crippen MR) is 46.0 cm³/mol. The minimum absolute atomic E-state index is 0.522. The first-order chi connectivity index (χ1) is 4.42. The van der Waals surface area contributed by atoms with E-state index in [4.69, 9.17) is 0 Å². The second-order valence-electron chi connectivity index (χ2n) is 4.98. The SMILES string of the molecule is CC[C@H]1C[C@@]1(C)C(C)(C)C. The van der Waals surface area contributed by atoms with Crippen LogP contribution in [0.1, 0.15) is 47.5 Å². The quantitative estimate of drug-likeness (QED) is 0.523. The van der Waals surface area contributed by atoms with Crippen LogP contribution in [0.3, 0.4) is 0 Å². The van der Waals surface area contributed by atoms with Crippen LogP contribution >= 0.6 is 0 Å². The van der Waals surface area contributed by atoms with Crippen molar-refractivity contribution in [2.75, 3.05) is 0 Å². The van der Waals surface area contributed by atoms with Crippen LogP contribution in [0.2, 0.25) is 0 Å². The maximum absolute atomic E-state index is 2.43. The molecule has 0 aromatic heterocycles. The molecule has 0 heteroatoms. The first-order valence-corrected chi connectivity index (χ1v) is 4.42. The lowest BCUT2D eigenvalue weighted by atomic mass is 9.77. The van der Waals surface area contributed by atoms with E-state index in [2.05, 4.69) is 34.6 Å². The van der Waals surface area contributed by atoms with E-state index >= 15 is 0 Å². The first-order valence-electron chi connectivity index (χ1n) is 4.42. The third-order valence-electron chi connectivity index (χ3n) is 3.62. The van der Waals surface area contributed by atoms with Crippen molar-refractivity contribution in [2.45, 2.75) is 47.5 Å². The normalized spacial score (nSPS) is 39.9. The van der Waals surface area contributed by atoms with Gasteiger partial charge in [0, 0.05) is 0 Å². The molecule has 1 fully saturated rings. The Labute approximate surface area is 65.0 Å². The zero-order chi connectivity index (χ0) is 7.99. The van der Waals surface area contributed by atoms with Gasteiger partial charge in [0.25, 0.3) is 0 Å². The van der Waals surface area contributed by atoms with E-state index in [9.17, 15) is 0 Å². The van der Waals surface area contributed by atoms with Crippen LogP contribution in [0.15, 0.2) is 0 Å². The molecule has 1 aliphatic carbocycles. The Hall–Kier alpha value is 0. The maximum atomic E-state index is 2.43.